The molecule has 0 saturated carbocycles. The molecule has 88 valence electrons. The summed E-state index contributed by atoms with van der Waals surface area (Å²) in [6.45, 7) is 5.79. The van der Waals surface area contributed by atoms with Gasteiger partial charge in [0.05, 0.1) is 0 Å². The molecule has 3 nitrogen and oxygen atoms in total. The number of carbonyl (C=O) groups is 1. The van der Waals surface area contributed by atoms with Gasteiger partial charge < -0.3 is 10.2 Å². The van der Waals surface area contributed by atoms with Crippen molar-refractivity contribution in [3.63, 3.8) is 0 Å². The minimum Gasteiger partial charge on any atom is -0.335 e. The number of nitrogens with zero attached hydrogens (tertiary/aromatic N) is 1. The van der Waals surface area contributed by atoms with Gasteiger partial charge in [0, 0.05) is 29.6 Å². The smallest absolute Gasteiger partial charge is 0.265 e. The highest BCUT2D eigenvalue weighted by atomic mass is 79.9. The summed E-state index contributed by atoms with van der Waals surface area (Å²) in [5.41, 5.74) is 0. The average molecular weight is 303 g/mol. The zero-order chi connectivity index (χ0) is 11.7. The molecule has 1 aliphatic heterocycles. The van der Waals surface area contributed by atoms with Gasteiger partial charge in [-0.1, -0.05) is 0 Å². The number of amides is 1. The standard InChI is InChI=1S/C11H15BrN2OS/c1-7-5-14(6-8(2)13-7)11(15)10-9(12)3-4-16-10/h3-4,7-8,13H,5-6H2,1-2H3. The lowest BCUT2D eigenvalue weighted by atomic mass is 10.1. The van der Waals surface area contributed by atoms with E-state index in [1.54, 1.807) is 0 Å². The van der Waals surface area contributed by atoms with Crippen LogP contribution in [0.15, 0.2) is 15.9 Å². The largest absolute Gasteiger partial charge is 0.335 e. The van der Waals surface area contributed by atoms with Gasteiger partial charge in [-0.3, -0.25) is 4.79 Å². The first-order chi connectivity index (χ1) is 7.58. The summed E-state index contributed by atoms with van der Waals surface area (Å²) >= 11 is 4.91. The molecular weight excluding hydrogens is 288 g/mol. The molecule has 5 heteroatoms. The number of halogens is 1. The number of rotatable bonds is 1. The zero-order valence-electron chi connectivity index (χ0n) is 9.37. The van der Waals surface area contributed by atoms with E-state index in [0.29, 0.717) is 12.1 Å². The first kappa shape index (κ1) is 12.1. The van der Waals surface area contributed by atoms with Gasteiger partial charge in [0.15, 0.2) is 0 Å². The van der Waals surface area contributed by atoms with Crippen LogP contribution in [0.1, 0.15) is 23.5 Å². The fourth-order valence-electron chi connectivity index (χ4n) is 2.08. The number of hydrogen-bond acceptors (Lipinski definition) is 3. The normalized spacial score (nSPS) is 25.8. The molecule has 0 aliphatic carbocycles. The van der Waals surface area contributed by atoms with Crippen LogP contribution in [0.3, 0.4) is 0 Å². The van der Waals surface area contributed by atoms with Crippen LogP contribution >= 0.6 is 27.3 Å². The summed E-state index contributed by atoms with van der Waals surface area (Å²) in [5, 5.41) is 5.36. The topological polar surface area (TPSA) is 32.3 Å². The molecule has 2 rings (SSSR count). The highest BCUT2D eigenvalue weighted by Crippen LogP contribution is 2.24. The molecule has 0 aromatic carbocycles. The molecular formula is C11H15BrN2OS. The molecule has 1 amide bonds. The monoisotopic (exact) mass is 302 g/mol. The maximum Gasteiger partial charge on any atom is 0.265 e. The van der Waals surface area contributed by atoms with Crippen molar-refractivity contribution in [3.05, 3.63) is 20.8 Å². The van der Waals surface area contributed by atoms with Gasteiger partial charge >= 0.3 is 0 Å². The predicted molar refractivity (Wildman–Crippen MR) is 70.0 cm³/mol. The van der Waals surface area contributed by atoms with Crippen LogP contribution in [0.25, 0.3) is 0 Å². The molecule has 0 bridgehead atoms. The van der Waals surface area contributed by atoms with Gasteiger partial charge in [0.25, 0.3) is 5.91 Å². The third kappa shape index (κ3) is 2.47. The Bertz CT molecular complexity index is 383. The number of hydrogen-bond donors (Lipinski definition) is 1. The Morgan fingerprint density at radius 3 is 2.62 bits per heavy atom. The van der Waals surface area contributed by atoms with Crippen LogP contribution in [-0.4, -0.2) is 36.0 Å². The molecule has 0 radical (unpaired) electrons. The fraction of sp³-hybridized carbons (Fsp3) is 0.545. The summed E-state index contributed by atoms with van der Waals surface area (Å²) in [6, 6.07) is 2.66. The molecule has 2 heterocycles. The minimum absolute atomic E-state index is 0.141. The second kappa shape index (κ2) is 4.85. The number of nitrogens with one attached hydrogen (secondary N) is 1. The average Bonchev–Trinajstić information content (AvgIpc) is 2.62. The molecule has 1 aliphatic rings. The number of thiophene rings is 1. The summed E-state index contributed by atoms with van der Waals surface area (Å²) in [6.07, 6.45) is 0. The van der Waals surface area contributed by atoms with Crippen LogP contribution < -0.4 is 5.32 Å². The minimum atomic E-state index is 0.141. The van der Waals surface area contributed by atoms with Crippen molar-refractivity contribution in [1.82, 2.24) is 10.2 Å². The van der Waals surface area contributed by atoms with E-state index in [-0.39, 0.29) is 5.91 Å². The van der Waals surface area contributed by atoms with Crippen LogP contribution in [0.2, 0.25) is 0 Å². The molecule has 1 saturated heterocycles. The van der Waals surface area contributed by atoms with E-state index in [1.807, 2.05) is 16.3 Å². The molecule has 1 aromatic heterocycles. The first-order valence-electron chi connectivity index (χ1n) is 5.36. The Kier molecular flexibility index (Phi) is 3.66. The van der Waals surface area contributed by atoms with Crippen molar-refractivity contribution in [3.8, 4) is 0 Å². The third-order valence-corrected chi connectivity index (χ3v) is 4.48. The molecule has 2 unspecified atom stereocenters. The highest BCUT2D eigenvalue weighted by molar-refractivity contribution is 9.10. The summed E-state index contributed by atoms with van der Waals surface area (Å²) < 4.78 is 0.904. The summed E-state index contributed by atoms with van der Waals surface area (Å²) in [7, 11) is 0. The van der Waals surface area contributed by atoms with Gasteiger partial charge in [-0.2, -0.15) is 0 Å². The lowest BCUT2D eigenvalue weighted by molar-refractivity contribution is 0.0678. The third-order valence-electron chi connectivity index (χ3n) is 2.66. The number of carbonyl (C=O) groups excluding carboxylic acids is 1. The number of piperazine rings is 1. The molecule has 16 heavy (non-hydrogen) atoms. The molecule has 0 spiro atoms. The zero-order valence-corrected chi connectivity index (χ0v) is 11.8. The van der Waals surface area contributed by atoms with E-state index >= 15 is 0 Å². The predicted octanol–water partition coefficient (Wildman–Crippen LogP) is 2.33. The van der Waals surface area contributed by atoms with Crippen molar-refractivity contribution in [2.75, 3.05) is 13.1 Å². The lowest BCUT2D eigenvalue weighted by Gasteiger charge is -2.36. The lowest BCUT2D eigenvalue weighted by Crippen LogP contribution is -2.55. The van der Waals surface area contributed by atoms with Crippen LogP contribution in [-0.2, 0) is 0 Å². The molecule has 2 atom stereocenters. The Morgan fingerprint density at radius 2 is 2.12 bits per heavy atom. The first-order valence-corrected chi connectivity index (χ1v) is 7.03. The van der Waals surface area contributed by atoms with Gasteiger partial charge in [-0.15, -0.1) is 11.3 Å². The van der Waals surface area contributed by atoms with E-state index in [0.717, 1.165) is 22.4 Å². The van der Waals surface area contributed by atoms with Gasteiger partial charge in [-0.25, -0.2) is 0 Å². The van der Waals surface area contributed by atoms with Gasteiger partial charge in [-0.05, 0) is 41.2 Å². The van der Waals surface area contributed by atoms with Gasteiger partial charge in [0.2, 0.25) is 0 Å². The summed E-state index contributed by atoms with van der Waals surface area (Å²) in [5.74, 6) is 0.141. The van der Waals surface area contributed by atoms with E-state index in [9.17, 15) is 4.79 Å². The van der Waals surface area contributed by atoms with Crippen molar-refractivity contribution in [2.45, 2.75) is 25.9 Å². The van der Waals surface area contributed by atoms with E-state index in [2.05, 4.69) is 35.1 Å². The Balaban J connectivity index is 2.13. The quantitative estimate of drug-likeness (QED) is 0.863. The summed E-state index contributed by atoms with van der Waals surface area (Å²) in [4.78, 5) is 15.0. The van der Waals surface area contributed by atoms with E-state index < -0.39 is 0 Å². The second-order valence-corrected chi connectivity index (χ2v) is 6.05. The Morgan fingerprint density at radius 1 is 1.50 bits per heavy atom. The SMILES string of the molecule is CC1CN(C(=O)c2sccc2Br)CC(C)N1. The van der Waals surface area contributed by atoms with Crippen molar-refractivity contribution in [2.24, 2.45) is 0 Å². The Labute approximate surface area is 108 Å². The molecule has 1 N–H and O–H groups in total. The Hall–Kier alpha value is -0.390. The van der Waals surface area contributed by atoms with Gasteiger partial charge in [0.1, 0.15) is 4.88 Å². The maximum absolute atomic E-state index is 12.3. The van der Waals surface area contributed by atoms with E-state index in [4.69, 9.17) is 0 Å². The fourth-order valence-corrected chi connectivity index (χ4v) is 3.59. The maximum atomic E-state index is 12.3. The molecule has 1 fully saturated rings. The molecule has 1 aromatic rings. The van der Waals surface area contributed by atoms with Crippen LogP contribution in [0.5, 0.6) is 0 Å². The van der Waals surface area contributed by atoms with Crippen LogP contribution in [0, 0.1) is 0 Å². The highest BCUT2D eigenvalue weighted by Gasteiger charge is 2.26. The van der Waals surface area contributed by atoms with Crippen LogP contribution in [0.4, 0.5) is 0 Å². The van der Waals surface area contributed by atoms with Crippen molar-refractivity contribution < 1.29 is 4.79 Å². The van der Waals surface area contributed by atoms with Crippen molar-refractivity contribution >= 4 is 33.2 Å². The van der Waals surface area contributed by atoms with Crippen molar-refractivity contribution in [1.29, 1.82) is 0 Å². The van der Waals surface area contributed by atoms with E-state index in [1.165, 1.54) is 11.3 Å². The second-order valence-electron chi connectivity index (χ2n) is 4.28.